The Labute approximate surface area is 160 Å². The number of rotatable bonds is 3. The monoisotopic (exact) mass is 386 g/mol. The van der Waals surface area contributed by atoms with E-state index in [1.807, 2.05) is 24.3 Å². The Morgan fingerprint density at radius 3 is 2.77 bits per heavy atom. The molecular weight excluding hydrogens is 371 g/mol. The lowest BCUT2D eigenvalue weighted by Crippen LogP contribution is -2.35. The Bertz CT molecular complexity index is 1000. The molecule has 0 aliphatic carbocycles. The van der Waals surface area contributed by atoms with E-state index < -0.39 is 0 Å². The Balaban J connectivity index is 1.60. The maximum absolute atomic E-state index is 12.6. The van der Waals surface area contributed by atoms with Crippen molar-refractivity contribution in [3.63, 3.8) is 0 Å². The highest BCUT2D eigenvalue weighted by Gasteiger charge is 2.22. The normalized spacial score (nSPS) is 14.2. The maximum atomic E-state index is 12.6. The van der Waals surface area contributed by atoms with Crippen molar-refractivity contribution in [1.82, 2.24) is 19.9 Å². The van der Waals surface area contributed by atoms with Crippen LogP contribution in [0.25, 0.3) is 11.4 Å². The molecule has 0 spiro atoms. The zero-order valence-electron chi connectivity index (χ0n) is 13.9. The van der Waals surface area contributed by atoms with Gasteiger partial charge in [-0.3, -0.25) is 14.7 Å². The third-order valence-electron chi connectivity index (χ3n) is 4.53. The maximum Gasteiger partial charge on any atom is 0.255 e. The molecule has 3 heterocycles. The Hall–Kier alpha value is -2.21. The number of aromatic amines is 1. The van der Waals surface area contributed by atoms with Gasteiger partial charge in [-0.05, 0) is 23.8 Å². The number of hydrogen-bond acceptors (Lipinski definition) is 4. The second kappa shape index (κ2) is 7.19. The molecule has 26 heavy (non-hydrogen) atoms. The molecule has 0 amide bonds. The van der Waals surface area contributed by atoms with Crippen LogP contribution in [0.1, 0.15) is 16.8 Å². The number of fused-ring (bicyclic) bond motifs is 1. The largest absolute Gasteiger partial charge is 0.306 e. The van der Waals surface area contributed by atoms with Gasteiger partial charge in [0.15, 0.2) is 0 Å². The number of halogens is 2. The molecule has 3 aromatic rings. The van der Waals surface area contributed by atoms with E-state index in [9.17, 15) is 4.79 Å². The lowest BCUT2D eigenvalue weighted by atomic mass is 10.1. The van der Waals surface area contributed by atoms with Crippen molar-refractivity contribution >= 4 is 23.2 Å². The van der Waals surface area contributed by atoms with E-state index in [0.717, 1.165) is 29.8 Å². The van der Waals surface area contributed by atoms with Crippen LogP contribution in [0.15, 0.2) is 47.5 Å². The highest BCUT2D eigenvalue weighted by molar-refractivity contribution is 6.42. The summed E-state index contributed by atoms with van der Waals surface area (Å²) < 4.78 is 0. The van der Waals surface area contributed by atoms with E-state index in [1.54, 1.807) is 18.5 Å². The van der Waals surface area contributed by atoms with Crippen molar-refractivity contribution in [1.29, 1.82) is 0 Å². The molecule has 1 N–H and O–H groups in total. The van der Waals surface area contributed by atoms with Gasteiger partial charge in [-0.15, -0.1) is 0 Å². The molecule has 0 unspecified atom stereocenters. The van der Waals surface area contributed by atoms with E-state index in [-0.39, 0.29) is 5.56 Å². The zero-order valence-corrected chi connectivity index (χ0v) is 15.4. The molecule has 7 heteroatoms. The number of aromatic nitrogens is 3. The fraction of sp³-hybridized carbons (Fsp3) is 0.211. The van der Waals surface area contributed by atoms with Gasteiger partial charge in [0.2, 0.25) is 0 Å². The molecular formula is C19H16Cl2N4O. The van der Waals surface area contributed by atoms with Crippen LogP contribution in [0.2, 0.25) is 10.0 Å². The highest BCUT2D eigenvalue weighted by Crippen LogP contribution is 2.28. The van der Waals surface area contributed by atoms with E-state index in [4.69, 9.17) is 23.2 Å². The van der Waals surface area contributed by atoms with Gasteiger partial charge in [0.05, 0.1) is 21.3 Å². The van der Waals surface area contributed by atoms with Crippen LogP contribution in [-0.4, -0.2) is 26.4 Å². The van der Waals surface area contributed by atoms with Gasteiger partial charge < -0.3 is 4.98 Å². The summed E-state index contributed by atoms with van der Waals surface area (Å²) in [4.78, 5) is 26.3. The van der Waals surface area contributed by atoms with Crippen molar-refractivity contribution < 1.29 is 0 Å². The topological polar surface area (TPSA) is 61.9 Å². The molecule has 0 fully saturated rings. The predicted octanol–water partition coefficient (Wildman–Crippen LogP) is 3.70. The van der Waals surface area contributed by atoms with Gasteiger partial charge in [-0.25, -0.2) is 4.98 Å². The minimum atomic E-state index is -0.0938. The van der Waals surface area contributed by atoms with Crippen LogP contribution in [0.4, 0.5) is 0 Å². The van der Waals surface area contributed by atoms with Crippen molar-refractivity contribution in [3.8, 4) is 11.4 Å². The molecule has 1 aliphatic heterocycles. The lowest BCUT2D eigenvalue weighted by Gasteiger charge is -2.28. The predicted molar refractivity (Wildman–Crippen MR) is 102 cm³/mol. The molecule has 0 radical (unpaired) electrons. The van der Waals surface area contributed by atoms with Crippen LogP contribution in [0, 0.1) is 0 Å². The summed E-state index contributed by atoms with van der Waals surface area (Å²) in [6.45, 7) is 1.99. The summed E-state index contributed by atoms with van der Waals surface area (Å²) in [5.41, 5.74) is 3.29. The van der Waals surface area contributed by atoms with Crippen molar-refractivity contribution in [2.45, 2.75) is 19.5 Å². The van der Waals surface area contributed by atoms with E-state index >= 15 is 0 Å². The first-order chi connectivity index (χ1) is 12.6. The summed E-state index contributed by atoms with van der Waals surface area (Å²) in [5.74, 6) is 0.586. The number of pyridine rings is 1. The number of nitrogens with zero attached hydrogens (tertiary/aromatic N) is 3. The summed E-state index contributed by atoms with van der Waals surface area (Å²) in [5, 5.41) is 1.11. The number of H-pyrrole nitrogens is 1. The van der Waals surface area contributed by atoms with Crippen LogP contribution >= 0.6 is 23.2 Å². The van der Waals surface area contributed by atoms with Crippen LogP contribution in [0.3, 0.4) is 0 Å². The van der Waals surface area contributed by atoms with E-state index in [1.165, 1.54) is 0 Å². The Morgan fingerprint density at radius 2 is 1.96 bits per heavy atom. The fourth-order valence-corrected chi connectivity index (χ4v) is 3.55. The van der Waals surface area contributed by atoms with Gasteiger partial charge in [0, 0.05) is 44.0 Å². The third kappa shape index (κ3) is 3.38. The van der Waals surface area contributed by atoms with Crippen molar-refractivity contribution in [3.05, 3.63) is 79.9 Å². The highest BCUT2D eigenvalue weighted by atomic mass is 35.5. The number of benzene rings is 1. The molecule has 1 aliphatic rings. The van der Waals surface area contributed by atoms with E-state index in [0.29, 0.717) is 34.5 Å². The molecule has 132 valence electrons. The van der Waals surface area contributed by atoms with Crippen LogP contribution in [-0.2, 0) is 19.5 Å². The minimum Gasteiger partial charge on any atom is -0.306 e. The third-order valence-corrected chi connectivity index (χ3v) is 5.39. The van der Waals surface area contributed by atoms with Gasteiger partial charge in [-0.1, -0.05) is 35.3 Å². The molecule has 0 saturated heterocycles. The Morgan fingerprint density at radius 1 is 1.15 bits per heavy atom. The summed E-state index contributed by atoms with van der Waals surface area (Å²) in [6, 6.07) is 9.28. The second-order valence-corrected chi connectivity index (χ2v) is 7.03. The second-order valence-electron chi connectivity index (χ2n) is 6.25. The quantitative estimate of drug-likeness (QED) is 0.745. The van der Waals surface area contributed by atoms with E-state index in [2.05, 4.69) is 19.9 Å². The molecule has 5 nitrogen and oxygen atoms in total. The van der Waals surface area contributed by atoms with Crippen LogP contribution < -0.4 is 5.56 Å². The average Bonchev–Trinajstić information content (AvgIpc) is 2.66. The van der Waals surface area contributed by atoms with Gasteiger partial charge in [0.25, 0.3) is 5.56 Å². The Kier molecular flexibility index (Phi) is 4.76. The number of hydrogen-bond donors (Lipinski definition) is 1. The van der Waals surface area contributed by atoms with Gasteiger partial charge in [-0.2, -0.15) is 0 Å². The van der Waals surface area contributed by atoms with Crippen LogP contribution in [0.5, 0.6) is 0 Å². The molecule has 0 atom stereocenters. The summed E-state index contributed by atoms with van der Waals surface area (Å²) in [7, 11) is 0. The smallest absolute Gasteiger partial charge is 0.255 e. The lowest BCUT2D eigenvalue weighted by molar-refractivity contribution is 0.242. The van der Waals surface area contributed by atoms with Crippen molar-refractivity contribution in [2.75, 3.05) is 6.54 Å². The summed E-state index contributed by atoms with van der Waals surface area (Å²) in [6.07, 6.45) is 4.09. The minimum absolute atomic E-state index is 0.0938. The number of nitrogens with one attached hydrogen (secondary N) is 1. The molecule has 2 aromatic heterocycles. The summed E-state index contributed by atoms with van der Waals surface area (Å²) >= 11 is 12.4. The van der Waals surface area contributed by atoms with Crippen molar-refractivity contribution in [2.24, 2.45) is 0 Å². The first-order valence-corrected chi connectivity index (χ1v) is 9.05. The first-order valence-electron chi connectivity index (χ1n) is 8.29. The SMILES string of the molecule is O=c1[nH]c(-c2ccncc2)nc2c1CN(Cc1cccc(Cl)c1Cl)CC2. The first kappa shape index (κ1) is 17.2. The molecule has 1 aromatic carbocycles. The molecule has 4 rings (SSSR count). The zero-order chi connectivity index (χ0) is 18.1. The fourth-order valence-electron chi connectivity index (χ4n) is 3.17. The van der Waals surface area contributed by atoms with Gasteiger partial charge >= 0.3 is 0 Å². The molecule has 0 bridgehead atoms. The average molecular weight is 387 g/mol. The van der Waals surface area contributed by atoms with Gasteiger partial charge in [0.1, 0.15) is 5.82 Å². The standard InChI is InChI=1S/C19H16Cl2N4O/c20-15-3-1-2-13(17(15)21)10-25-9-6-16-14(11-25)19(26)24-18(23-16)12-4-7-22-8-5-12/h1-5,7-8H,6,9-11H2,(H,23,24,26). The molecule has 0 saturated carbocycles.